The van der Waals surface area contributed by atoms with Crippen molar-refractivity contribution >= 4 is 56.1 Å². The van der Waals surface area contributed by atoms with E-state index in [0.29, 0.717) is 10.0 Å². The molecule has 19 heavy (non-hydrogen) atoms. The Morgan fingerprint density at radius 2 is 2.00 bits per heavy atom. The van der Waals surface area contributed by atoms with Crippen molar-refractivity contribution in [2.75, 3.05) is 5.32 Å². The van der Waals surface area contributed by atoms with Crippen LogP contribution in [0, 0.1) is 6.92 Å². The number of hydrogen-bond donors (Lipinski definition) is 2. The summed E-state index contributed by atoms with van der Waals surface area (Å²) >= 11 is 14.5. The average Bonchev–Trinajstić information content (AvgIpc) is 2.36. The first kappa shape index (κ1) is 14.3. The van der Waals surface area contributed by atoms with E-state index >= 15 is 0 Å². The van der Waals surface area contributed by atoms with Crippen molar-refractivity contribution in [3.63, 3.8) is 0 Å². The average molecular weight is 356 g/mol. The molecule has 0 amide bonds. The molecule has 2 rings (SSSR count). The molecule has 2 aromatic carbocycles. The van der Waals surface area contributed by atoms with Crippen LogP contribution >= 0.6 is 39.7 Å². The normalized spacial score (nSPS) is 10.3. The van der Waals surface area contributed by atoms with Gasteiger partial charge in [-0.15, -0.1) is 0 Å². The molecule has 0 aliphatic rings. The second kappa shape index (κ2) is 5.90. The maximum Gasteiger partial charge on any atom is 0.106 e. The third-order valence-corrected chi connectivity index (χ3v) is 4.10. The molecule has 0 bridgehead atoms. The molecule has 0 atom stereocenters. The molecule has 5 heteroatoms. The van der Waals surface area contributed by atoms with E-state index in [9.17, 15) is 0 Å². The lowest BCUT2D eigenvalue weighted by Gasteiger charge is -2.14. The van der Waals surface area contributed by atoms with Crippen LogP contribution in [-0.4, -0.2) is 4.99 Å². The maximum atomic E-state index is 5.97. The zero-order valence-electron chi connectivity index (χ0n) is 10.2. The van der Waals surface area contributed by atoms with Gasteiger partial charge in [0, 0.05) is 26.4 Å². The van der Waals surface area contributed by atoms with Crippen LogP contribution in [-0.2, 0) is 0 Å². The van der Waals surface area contributed by atoms with Gasteiger partial charge in [-0.3, -0.25) is 0 Å². The molecule has 0 heterocycles. The van der Waals surface area contributed by atoms with Crippen molar-refractivity contribution in [1.29, 1.82) is 0 Å². The number of halogens is 2. The van der Waals surface area contributed by atoms with E-state index < -0.39 is 0 Å². The molecule has 98 valence electrons. The van der Waals surface area contributed by atoms with Crippen molar-refractivity contribution in [2.45, 2.75) is 6.92 Å². The first-order valence-electron chi connectivity index (χ1n) is 5.60. The minimum absolute atomic E-state index is 0.317. The summed E-state index contributed by atoms with van der Waals surface area (Å²) in [5, 5.41) is 3.94. The fourth-order valence-electron chi connectivity index (χ4n) is 1.72. The van der Waals surface area contributed by atoms with Gasteiger partial charge >= 0.3 is 0 Å². The highest BCUT2D eigenvalue weighted by atomic mass is 79.9. The zero-order valence-corrected chi connectivity index (χ0v) is 13.4. The molecule has 2 aromatic rings. The largest absolute Gasteiger partial charge is 0.389 e. The number of thiocarbonyl (C=S) groups is 1. The lowest BCUT2D eigenvalue weighted by Crippen LogP contribution is -2.12. The van der Waals surface area contributed by atoms with Crippen LogP contribution in [0.15, 0.2) is 40.9 Å². The first-order valence-corrected chi connectivity index (χ1v) is 7.18. The minimum Gasteiger partial charge on any atom is -0.389 e. The highest BCUT2D eigenvalue weighted by Crippen LogP contribution is 2.29. The molecule has 0 aromatic heterocycles. The van der Waals surface area contributed by atoms with Crippen LogP contribution in [0.25, 0.3) is 0 Å². The lowest BCUT2D eigenvalue weighted by molar-refractivity contribution is 1.40. The van der Waals surface area contributed by atoms with Crippen LogP contribution in [0.5, 0.6) is 0 Å². The Morgan fingerprint density at radius 3 is 2.68 bits per heavy atom. The Hall–Kier alpha value is -1.10. The summed E-state index contributed by atoms with van der Waals surface area (Å²) < 4.78 is 1.04. The van der Waals surface area contributed by atoms with E-state index in [4.69, 9.17) is 29.6 Å². The van der Waals surface area contributed by atoms with E-state index in [1.54, 1.807) is 12.1 Å². The van der Waals surface area contributed by atoms with Crippen LogP contribution < -0.4 is 11.1 Å². The van der Waals surface area contributed by atoms with E-state index in [-0.39, 0.29) is 0 Å². The molecular formula is C14H12BrClN2S. The van der Waals surface area contributed by atoms with Gasteiger partial charge in [0.15, 0.2) is 0 Å². The van der Waals surface area contributed by atoms with Crippen LogP contribution in [0.1, 0.15) is 11.1 Å². The fourth-order valence-corrected chi connectivity index (χ4v) is 2.42. The van der Waals surface area contributed by atoms with E-state index in [1.165, 1.54) is 0 Å². The predicted octanol–water partition coefficient (Wildman–Crippen LogP) is 4.79. The van der Waals surface area contributed by atoms with Gasteiger partial charge in [0.05, 0.1) is 0 Å². The lowest BCUT2D eigenvalue weighted by atomic mass is 10.1. The number of rotatable bonds is 3. The maximum absolute atomic E-state index is 5.97. The summed E-state index contributed by atoms with van der Waals surface area (Å²) in [5.74, 6) is 0. The van der Waals surface area contributed by atoms with Crippen molar-refractivity contribution in [1.82, 2.24) is 0 Å². The predicted molar refractivity (Wildman–Crippen MR) is 89.5 cm³/mol. The third kappa shape index (κ3) is 3.26. The van der Waals surface area contributed by atoms with Crippen molar-refractivity contribution < 1.29 is 0 Å². The molecule has 0 fully saturated rings. The Labute approximate surface area is 131 Å². The van der Waals surface area contributed by atoms with Crippen LogP contribution in [0.2, 0.25) is 5.02 Å². The summed E-state index contributed by atoms with van der Waals surface area (Å²) in [4.78, 5) is 0.317. The number of nitrogens with one attached hydrogen (secondary N) is 1. The van der Waals surface area contributed by atoms with Gasteiger partial charge < -0.3 is 11.1 Å². The molecule has 0 unspecified atom stereocenters. The summed E-state index contributed by atoms with van der Waals surface area (Å²) in [5.41, 5.74) is 9.42. The molecule has 2 nitrogen and oxygen atoms in total. The van der Waals surface area contributed by atoms with Gasteiger partial charge in [-0.2, -0.15) is 0 Å². The summed E-state index contributed by atoms with van der Waals surface area (Å²) in [6.45, 7) is 2.03. The molecule has 3 N–H and O–H groups in total. The molecule has 0 aliphatic heterocycles. The SMILES string of the molecule is Cc1c(Br)cccc1Nc1ccc(Cl)cc1C(N)=S. The van der Waals surface area contributed by atoms with Crippen molar-refractivity contribution in [3.8, 4) is 0 Å². The molecule has 0 spiro atoms. The monoisotopic (exact) mass is 354 g/mol. The van der Waals surface area contributed by atoms with E-state index in [0.717, 1.165) is 27.0 Å². The summed E-state index contributed by atoms with van der Waals surface area (Å²) in [6.07, 6.45) is 0. The smallest absolute Gasteiger partial charge is 0.106 e. The van der Waals surface area contributed by atoms with Gasteiger partial charge in [-0.05, 0) is 42.8 Å². The number of anilines is 2. The van der Waals surface area contributed by atoms with Crippen molar-refractivity contribution in [2.24, 2.45) is 5.73 Å². The molecular weight excluding hydrogens is 344 g/mol. The second-order valence-electron chi connectivity index (χ2n) is 4.09. The Kier molecular flexibility index (Phi) is 4.45. The fraction of sp³-hybridized carbons (Fsp3) is 0.0714. The molecule has 0 radical (unpaired) electrons. The highest BCUT2D eigenvalue weighted by Gasteiger charge is 2.08. The summed E-state index contributed by atoms with van der Waals surface area (Å²) in [6, 6.07) is 11.4. The molecule has 0 aliphatic carbocycles. The summed E-state index contributed by atoms with van der Waals surface area (Å²) in [7, 11) is 0. The Morgan fingerprint density at radius 1 is 1.26 bits per heavy atom. The number of hydrogen-bond acceptors (Lipinski definition) is 2. The molecule has 0 saturated heterocycles. The van der Waals surface area contributed by atoms with Gasteiger partial charge in [0.2, 0.25) is 0 Å². The van der Waals surface area contributed by atoms with E-state index in [1.807, 2.05) is 31.2 Å². The Bertz CT molecular complexity index is 643. The van der Waals surface area contributed by atoms with E-state index in [2.05, 4.69) is 21.2 Å². The van der Waals surface area contributed by atoms with Gasteiger partial charge in [0.25, 0.3) is 0 Å². The highest BCUT2D eigenvalue weighted by molar-refractivity contribution is 9.10. The van der Waals surface area contributed by atoms with Crippen LogP contribution in [0.4, 0.5) is 11.4 Å². The molecule has 0 saturated carbocycles. The van der Waals surface area contributed by atoms with Crippen molar-refractivity contribution in [3.05, 3.63) is 57.0 Å². The van der Waals surface area contributed by atoms with Gasteiger partial charge in [-0.25, -0.2) is 0 Å². The first-order chi connectivity index (χ1) is 8.99. The standard InChI is InChI=1S/C14H12BrClN2S/c1-8-11(15)3-2-4-12(8)18-13-6-5-9(16)7-10(13)14(17)19/h2-7,18H,1H3,(H2,17,19). The quantitative estimate of drug-likeness (QED) is 0.778. The third-order valence-electron chi connectivity index (χ3n) is 2.78. The zero-order chi connectivity index (χ0) is 14.0. The number of benzene rings is 2. The van der Waals surface area contributed by atoms with Gasteiger partial charge in [-0.1, -0.05) is 45.8 Å². The van der Waals surface area contributed by atoms with Gasteiger partial charge in [0.1, 0.15) is 4.99 Å². The Balaban J connectivity index is 2.44. The minimum atomic E-state index is 0.317. The van der Waals surface area contributed by atoms with Crippen LogP contribution in [0.3, 0.4) is 0 Å². The second-order valence-corrected chi connectivity index (χ2v) is 5.82. The topological polar surface area (TPSA) is 38.0 Å². The number of nitrogens with two attached hydrogens (primary N) is 1.